The normalized spacial score (nSPS) is 10.5. The van der Waals surface area contributed by atoms with E-state index >= 15 is 0 Å². The van der Waals surface area contributed by atoms with Gasteiger partial charge in [-0.25, -0.2) is 4.98 Å². The van der Waals surface area contributed by atoms with E-state index in [-0.39, 0.29) is 17.8 Å². The number of halogens is 1. The molecule has 0 fully saturated rings. The summed E-state index contributed by atoms with van der Waals surface area (Å²) in [7, 11) is 0. The molecule has 5 heteroatoms. The molecule has 2 aromatic heterocycles. The van der Waals surface area contributed by atoms with Gasteiger partial charge < -0.3 is 4.79 Å². The molecule has 0 aliphatic carbocycles. The molecule has 0 N–H and O–H groups in total. The van der Waals surface area contributed by atoms with Crippen LogP contribution in [0.25, 0.3) is 11.0 Å². The van der Waals surface area contributed by atoms with Crippen molar-refractivity contribution in [3.63, 3.8) is 0 Å². The van der Waals surface area contributed by atoms with Gasteiger partial charge in [0, 0.05) is 11.5 Å². The lowest BCUT2D eigenvalue weighted by Gasteiger charge is -2.04. The first kappa shape index (κ1) is 9.51. The topological polar surface area (TPSA) is 52.0 Å². The molecule has 0 aliphatic rings. The van der Waals surface area contributed by atoms with Gasteiger partial charge in [-0.2, -0.15) is 4.39 Å². The lowest BCUT2D eigenvalue weighted by molar-refractivity contribution is -0.108. The Hall–Kier alpha value is -2.04. The van der Waals surface area contributed by atoms with Crippen molar-refractivity contribution in [3.8, 4) is 0 Å². The fourth-order valence-corrected chi connectivity index (χ4v) is 1.39. The summed E-state index contributed by atoms with van der Waals surface area (Å²) in [6, 6.07) is 5.59. The highest BCUT2D eigenvalue weighted by atomic mass is 19.1. The van der Waals surface area contributed by atoms with Crippen molar-refractivity contribution in [2.45, 2.75) is 6.54 Å². The van der Waals surface area contributed by atoms with Crippen molar-refractivity contribution in [3.05, 3.63) is 40.6 Å². The van der Waals surface area contributed by atoms with Crippen molar-refractivity contribution in [1.29, 1.82) is 0 Å². The van der Waals surface area contributed by atoms with Crippen molar-refractivity contribution in [2.24, 2.45) is 0 Å². The fraction of sp³-hybridized carbons (Fsp3) is 0.100. The Labute approximate surface area is 84.0 Å². The van der Waals surface area contributed by atoms with Gasteiger partial charge in [-0.15, -0.1) is 0 Å². The van der Waals surface area contributed by atoms with Crippen LogP contribution in [0.2, 0.25) is 0 Å². The van der Waals surface area contributed by atoms with Crippen LogP contribution in [0.4, 0.5) is 4.39 Å². The Morgan fingerprint density at radius 2 is 2.07 bits per heavy atom. The summed E-state index contributed by atoms with van der Waals surface area (Å²) in [5.41, 5.74) is -0.178. The van der Waals surface area contributed by atoms with E-state index in [0.29, 0.717) is 11.7 Å². The predicted octanol–water partition coefficient (Wildman–Crippen LogP) is 0.734. The zero-order chi connectivity index (χ0) is 10.8. The number of hydrogen-bond acceptors (Lipinski definition) is 3. The number of carbonyl (C=O) groups excluding carboxylic acids is 1. The molecule has 0 saturated heterocycles. The lowest BCUT2D eigenvalue weighted by Crippen LogP contribution is -2.20. The lowest BCUT2D eigenvalue weighted by atomic mass is 10.3. The Morgan fingerprint density at radius 3 is 2.80 bits per heavy atom. The first-order valence-electron chi connectivity index (χ1n) is 4.32. The maximum absolute atomic E-state index is 12.9. The van der Waals surface area contributed by atoms with Crippen LogP contribution in [0.1, 0.15) is 0 Å². The third-order valence-corrected chi connectivity index (χ3v) is 2.06. The number of pyridine rings is 2. The maximum Gasteiger partial charge on any atom is 0.252 e. The molecular formula is C10H7FN2O2. The van der Waals surface area contributed by atoms with Gasteiger partial charge in [0.15, 0.2) is 0 Å². The van der Waals surface area contributed by atoms with Crippen LogP contribution < -0.4 is 5.56 Å². The molecule has 4 nitrogen and oxygen atoms in total. The molecule has 76 valence electrons. The SMILES string of the molecule is O=CCn1c(=O)ccc2ccc(F)nc21. The number of carbonyl (C=O) groups is 1. The Morgan fingerprint density at radius 1 is 1.33 bits per heavy atom. The highest BCUT2D eigenvalue weighted by Crippen LogP contribution is 2.09. The Balaban J connectivity index is 2.84. The second-order valence-corrected chi connectivity index (χ2v) is 3.00. The number of aromatic nitrogens is 2. The molecule has 0 saturated carbocycles. The van der Waals surface area contributed by atoms with E-state index in [0.717, 1.165) is 4.57 Å². The zero-order valence-corrected chi connectivity index (χ0v) is 7.68. The Bertz CT molecular complexity index is 577. The monoisotopic (exact) mass is 206 g/mol. The largest absolute Gasteiger partial charge is 0.301 e. The minimum absolute atomic E-state index is 0.118. The van der Waals surface area contributed by atoms with Gasteiger partial charge in [0.1, 0.15) is 11.9 Å². The number of aldehydes is 1. The molecule has 0 aliphatic heterocycles. The average Bonchev–Trinajstić information content (AvgIpc) is 2.23. The standard InChI is InChI=1S/C10H7FN2O2/c11-8-3-1-7-2-4-9(15)13(5-6-14)10(7)12-8/h1-4,6H,5H2. The van der Waals surface area contributed by atoms with E-state index in [1.54, 1.807) is 6.07 Å². The third-order valence-electron chi connectivity index (χ3n) is 2.06. The smallest absolute Gasteiger partial charge is 0.252 e. The van der Waals surface area contributed by atoms with E-state index in [2.05, 4.69) is 4.98 Å². The second kappa shape index (κ2) is 3.61. The van der Waals surface area contributed by atoms with E-state index in [9.17, 15) is 14.0 Å². The van der Waals surface area contributed by atoms with Crippen LogP contribution in [0.5, 0.6) is 0 Å². The molecule has 0 spiro atoms. The van der Waals surface area contributed by atoms with Crippen LogP contribution in [-0.4, -0.2) is 15.8 Å². The van der Waals surface area contributed by atoms with Gasteiger partial charge in [-0.1, -0.05) is 0 Å². The highest BCUT2D eigenvalue weighted by Gasteiger charge is 2.04. The molecule has 2 heterocycles. The minimum atomic E-state index is -0.673. The van der Waals surface area contributed by atoms with E-state index in [1.165, 1.54) is 18.2 Å². The molecule has 2 rings (SSSR count). The van der Waals surface area contributed by atoms with Crippen molar-refractivity contribution in [2.75, 3.05) is 0 Å². The highest BCUT2D eigenvalue weighted by molar-refractivity contribution is 5.75. The molecule has 0 atom stereocenters. The first-order chi connectivity index (χ1) is 7.22. The predicted molar refractivity (Wildman–Crippen MR) is 52.0 cm³/mol. The fourth-order valence-electron chi connectivity index (χ4n) is 1.39. The van der Waals surface area contributed by atoms with Crippen LogP contribution in [0.15, 0.2) is 29.1 Å². The molecule has 0 amide bonds. The van der Waals surface area contributed by atoms with Crippen LogP contribution in [0, 0.1) is 5.95 Å². The van der Waals surface area contributed by atoms with Gasteiger partial charge in [-0.3, -0.25) is 9.36 Å². The van der Waals surface area contributed by atoms with Crippen molar-refractivity contribution in [1.82, 2.24) is 9.55 Å². The summed E-state index contributed by atoms with van der Waals surface area (Å²) in [4.78, 5) is 25.3. The summed E-state index contributed by atoms with van der Waals surface area (Å²) in [6.45, 7) is -0.118. The molecule has 15 heavy (non-hydrogen) atoms. The molecular weight excluding hydrogens is 199 g/mol. The Kier molecular flexibility index (Phi) is 2.29. The van der Waals surface area contributed by atoms with Crippen molar-refractivity contribution < 1.29 is 9.18 Å². The van der Waals surface area contributed by atoms with Gasteiger partial charge in [0.05, 0.1) is 6.54 Å². The number of nitrogens with zero attached hydrogens (tertiary/aromatic N) is 2. The molecule has 0 unspecified atom stereocenters. The third kappa shape index (κ3) is 1.63. The van der Waals surface area contributed by atoms with Gasteiger partial charge >= 0.3 is 0 Å². The summed E-state index contributed by atoms with van der Waals surface area (Å²) < 4.78 is 14.0. The number of fused-ring (bicyclic) bond motifs is 1. The van der Waals surface area contributed by atoms with Gasteiger partial charge in [-0.05, 0) is 18.2 Å². The summed E-state index contributed by atoms with van der Waals surface area (Å²) in [6.07, 6.45) is 0.577. The van der Waals surface area contributed by atoms with E-state index in [4.69, 9.17) is 0 Å². The van der Waals surface area contributed by atoms with Crippen molar-refractivity contribution >= 4 is 17.3 Å². The summed E-state index contributed by atoms with van der Waals surface area (Å²) in [5, 5.41) is 0.623. The molecule has 0 bridgehead atoms. The quantitative estimate of drug-likeness (QED) is 0.537. The van der Waals surface area contributed by atoms with Crippen LogP contribution in [0.3, 0.4) is 0 Å². The van der Waals surface area contributed by atoms with Gasteiger partial charge in [0.2, 0.25) is 5.95 Å². The molecule has 0 radical (unpaired) electrons. The maximum atomic E-state index is 12.9. The summed E-state index contributed by atoms with van der Waals surface area (Å²) >= 11 is 0. The van der Waals surface area contributed by atoms with Crippen LogP contribution in [-0.2, 0) is 11.3 Å². The zero-order valence-electron chi connectivity index (χ0n) is 7.68. The van der Waals surface area contributed by atoms with E-state index in [1.807, 2.05) is 0 Å². The second-order valence-electron chi connectivity index (χ2n) is 3.00. The molecule has 0 aromatic carbocycles. The van der Waals surface area contributed by atoms with E-state index < -0.39 is 5.95 Å². The first-order valence-corrected chi connectivity index (χ1v) is 4.32. The molecule has 2 aromatic rings. The number of rotatable bonds is 2. The minimum Gasteiger partial charge on any atom is -0.301 e. The van der Waals surface area contributed by atoms with Crippen LogP contribution >= 0.6 is 0 Å². The summed E-state index contributed by atoms with van der Waals surface area (Å²) in [5.74, 6) is -0.673. The average molecular weight is 206 g/mol. The number of hydrogen-bond donors (Lipinski definition) is 0. The van der Waals surface area contributed by atoms with Gasteiger partial charge in [0.25, 0.3) is 5.56 Å².